The number of carboxylic acids is 1. The molecule has 10 atom stereocenters. The summed E-state index contributed by atoms with van der Waals surface area (Å²) in [5.41, 5.74) is -3.71. The summed E-state index contributed by atoms with van der Waals surface area (Å²) < 4.78 is 89.0. The number of nitrogens with zero attached hydrogens (tertiary/aromatic N) is 4. The molecule has 8 fully saturated rings. The Morgan fingerprint density at radius 1 is 0.586 bits per heavy atom. The van der Waals surface area contributed by atoms with Crippen molar-refractivity contribution in [2.75, 3.05) is 13.1 Å². The minimum Gasteiger partial charge on any atom is -0.479 e. The van der Waals surface area contributed by atoms with Crippen LogP contribution in [0.4, 0.5) is 13.2 Å². The number of hydrogen-bond donors (Lipinski definition) is 9. The number of carboxylic acid groups (broad SMARTS) is 1. The first-order chi connectivity index (χ1) is 51.0. The molecule has 0 aromatic heterocycles. The number of likely N-dealkylation sites (tertiary alicyclic amines) is 2. The molecular formula is C76H107Cl2F3N12O16S2. The fraction of sp³-hybridized carbons (Fsp3) is 0.645. The number of benzene rings is 2. The third-order valence-corrected chi connectivity index (χ3v) is 24.5. The Morgan fingerprint density at radius 3 is 1.31 bits per heavy atom. The molecule has 10 aliphatic rings. The largest absolute Gasteiger partial charge is 0.479 e. The van der Waals surface area contributed by atoms with Crippen LogP contribution in [0, 0.1) is 34.5 Å². The highest BCUT2D eigenvalue weighted by Gasteiger charge is 2.65. The quantitative estimate of drug-likeness (QED) is 0.0443. The summed E-state index contributed by atoms with van der Waals surface area (Å²) in [6, 6.07) is 9.77. The third-order valence-electron chi connectivity index (χ3n) is 21.8. The van der Waals surface area contributed by atoms with Crippen molar-refractivity contribution in [2.24, 2.45) is 44.8 Å². The van der Waals surface area contributed by atoms with Gasteiger partial charge in [-0.1, -0.05) is 165 Å². The summed E-state index contributed by atoms with van der Waals surface area (Å²) in [6.07, 6.45) is 12.8. The molecular weight excluding hydrogens is 1530 g/mol. The molecule has 614 valence electrons. The summed E-state index contributed by atoms with van der Waals surface area (Å²) in [5.74, 6) is -7.39. The monoisotopic (exact) mass is 1630 g/mol. The van der Waals surface area contributed by atoms with Gasteiger partial charge in [-0.2, -0.15) is 39.5 Å². The number of halogens is 5. The lowest BCUT2D eigenvalue weighted by Crippen LogP contribution is -2.60. The van der Waals surface area contributed by atoms with E-state index in [-0.39, 0.29) is 89.9 Å². The first-order valence-corrected chi connectivity index (χ1v) is 40.8. The maximum Gasteiger partial charge on any atom is 0.472 e. The van der Waals surface area contributed by atoms with Crippen molar-refractivity contribution in [3.63, 3.8) is 0 Å². The van der Waals surface area contributed by atoms with E-state index in [1.54, 1.807) is 30.3 Å². The second kappa shape index (κ2) is 34.9. The number of rotatable bonds is 24. The van der Waals surface area contributed by atoms with Crippen molar-refractivity contribution >= 4 is 108 Å². The molecule has 2 saturated heterocycles. The van der Waals surface area contributed by atoms with E-state index in [0.29, 0.717) is 72.3 Å². The molecule has 35 heteroatoms. The Bertz CT molecular complexity index is 4180. The topological polar surface area (TPSA) is 388 Å². The molecule has 2 aromatic carbocycles. The minimum absolute atomic E-state index is 0. The van der Waals surface area contributed by atoms with E-state index < -0.39 is 137 Å². The van der Waals surface area contributed by atoms with Crippen LogP contribution in [0.25, 0.3) is 0 Å². The van der Waals surface area contributed by atoms with Crippen molar-refractivity contribution in [1.82, 2.24) is 50.0 Å². The molecule has 2 spiro atoms. The van der Waals surface area contributed by atoms with Gasteiger partial charge in [-0.25, -0.2) is 14.2 Å². The van der Waals surface area contributed by atoms with Gasteiger partial charge in [0.2, 0.25) is 35.4 Å². The molecule has 0 unspecified atom stereocenters. The molecule has 9 N–H and O–H groups in total. The van der Waals surface area contributed by atoms with Crippen LogP contribution in [0.3, 0.4) is 0 Å². The second-order valence-electron chi connectivity index (χ2n) is 33.0. The van der Waals surface area contributed by atoms with Gasteiger partial charge in [0.25, 0.3) is 5.91 Å². The molecule has 4 heterocycles. The highest BCUT2D eigenvalue weighted by molar-refractivity contribution is 7.88. The van der Waals surface area contributed by atoms with E-state index >= 15 is 0 Å². The smallest absolute Gasteiger partial charge is 0.472 e. The Hall–Kier alpha value is -7.72. The SMILES string of the molecule is C.C.C=C[C@@H]1C[C@]1(NC(=O)[C@@H]1C[C@]2(CC(c3cccc(Cl)c3)=NO2)CN1C(=O)[C@@H](NC(=O)CC1CCCCC1)C(C)(C)C)C(=O)NS(=O)(=O)NC1CC1.C=C[C@@H]1C[C@]1(NC(=O)[C@@H]1C[C@]2(CC(c3cccc(Cl)c3)=NO2)CN1C(=O)[C@@H](NC(=O)CC1CCCCC1)C(C)(C)C)C(=O)O.O=C(NS(=O)(=O)NC1CC1)C(F)(F)F. The predicted molar refractivity (Wildman–Crippen MR) is 410 cm³/mol. The molecule has 12 rings (SSSR count). The molecule has 28 nitrogen and oxygen atoms in total. The molecule has 4 aliphatic heterocycles. The Morgan fingerprint density at radius 2 is 0.964 bits per heavy atom. The van der Waals surface area contributed by atoms with Gasteiger partial charge >= 0.3 is 38.5 Å². The molecule has 0 radical (unpaired) electrons. The number of alkyl halides is 3. The van der Waals surface area contributed by atoms with E-state index in [4.69, 9.17) is 32.9 Å². The van der Waals surface area contributed by atoms with Gasteiger partial charge in [0.1, 0.15) is 35.2 Å². The third kappa shape index (κ3) is 22.4. The highest BCUT2D eigenvalue weighted by atomic mass is 35.5. The Balaban J connectivity index is 0.000000235. The lowest BCUT2D eigenvalue weighted by atomic mass is 9.84. The van der Waals surface area contributed by atoms with Crippen LogP contribution < -0.4 is 40.2 Å². The fourth-order valence-electron chi connectivity index (χ4n) is 15.2. The normalized spacial score (nSPS) is 26.8. The lowest BCUT2D eigenvalue weighted by molar-refractivity contribution is -0.171. The predicted octanol–water partition coefficient (Wildman–Crippen LogP) is 8.86. The Kier molecular flexibility index (Phi) is 28.0. The number of nitrogens with one attached hydrogen (secondary N) is 8. The molecule has 0 bridgehead atoms. The van der Waals surface area contributed by atoms with Gasteiger partial charge < -0.3 is 45.8 Å². The van der Waals surface area contributed by atoms with Crippen molar-refractivity contribution in [3.8, 4) is 0 Å². The second-order valence-corrected chi connectivity index (χ2v) is 36.8. The number of carbonyl (C=O) groups excluding carboxylic acids is 8. The van der Waals surface area contributed by atoms with Crippen LogP contribution >= 0.6 is 23.2 Å². The number of carbonyl (C=O) groups is 9. The van der Waals surface area contributed by atoms with E-state index in [1.807, 2.05) is 64.5 Å². The fourth-order valence-corrected chi connectivity index (χ4v) is 17.9. The summed E-state index contributed by atoms with van der Waals surface area (Å²) >= 11 is 12.5. The molecule has 6 aliphatic carbocycles. The van der Waals surface area contributed by atoms with Crippen LogP contribution in [0.1, 0.15) is 209 Å². The highest BCUT2D eigenvalue weighted by Crippen LogP contribution is 2.49. The molecule has 111 heavy (non-hydrogen) atoms. The van der Waals surface area contributed by atoms with Crippen molar-refractivity contribution in [3.05, 3.63) is 95.0 Å². The van der Waals surface area contributed by atoms with Gasteiger partial charge in [0.05, 0.1) is 24.5 Å². The van der Waals surface area contributed by atoms with Gasteiger partial charge in [-0.15, -0.1) is 13.2 Å². The zero-order valence-corrected chi connectivity index (χ0v) is 65.1. The zero-order chi connectivity index (χ0) is 79.6. The first kappa shape index (κ1) is 88.8. The minimum atomic E-state index is -5.20. The number of oxime groups is 2. The van der Waals surface area contributed by atoms with Crippen molar-refractivity contribution in [1.29, 1.82) is 0 Å². The van der Waals surface area contributed by atoms with Crippen molar-refractivity contribution < 1.29 is 87.9 Å². The standard InChI is InChI=1S/C36H49ClN6O7S.C33H43ClN4O6.C5H7F3N2O3S.2CH4/c1-5-24-18-36(24,33(47)42-51(48,49)41-26-14-15-26)39-31(45)28-20-35(19-27(40-50-35)23-12-9-13-25(37)17-23)21-43(28)32(46)30(34(2,3)4)38-29(44)16-22-10-7-6-8-11-22;1-5-22-16-33(22,30(42)43)36-28(40)25-18-32(17-24(37-44-32)21-12-9-13-23(34)15-21)19-38(25)29(41)27(31(2,3)4)35-26(39)14-20-10-7-6-8-11-20;6-5(7,8)4(11)10-14(12,13)9-3-1-2-3;;/h5,9,12-13,17,22,24,26,28,30,41H,1,6-8,10-11,14-16,18-21H2,2-4H3,(H,38,44)(H,39,45)(H,42,47);5,9,12-13,15,20,22,25,27H,1,6-8,10-11,14,16-19H2,2-4H3,(H,35,39)(H,36,40)(H,42,43);3,9H,1-2H2,(H,10,11);2*1H4/t24-,28+,30-,35-,36-;22-,25+,27-,32-,33-;;;/m11.../s1. The molecule has 2 aromatic rings. The zero-order valence-electron chi connectivity index (χ0n) is 62.0. The van der Waals surface area contributed by atoms with Gasteiger partial charge in [0.15, 0.2) is 11.2 Å². The van der Waals surface area contributed by atoms with E-state index in [2.05, 4.69) is 54.2 Å². The maximum atomic E-state index is 14.6. The number of hydrogen-bond acceptors (Lipinski definition) is 17. The molecule has 8 amide bonds. The van der Waals surface area contributed by atoms with Gasteiger partial charge in [0, 0.05) is 83.6 Å². The van der Waals surface area contributed by atoms with E-state index in [0.717, 1.165) is 73.6 Å². The molecule has 6 saturated carbocycles. The van der Waals surface area contributed by atoms with Crippen LogP contribution in [-0.4, -0.2) is 174 Å². The van der Waals surface area contributed by atoms with Crippen molar-refractivity contribution in [2.45, 2.75) is 262 Å². The van der Waals surface area contributed by atoms with Crippen LogP contribution in [0.2, 0.25) is 10.0 Å². The summed E-state index contributed by atoms with van der Waals surface area (Å²) in [7, 11) is -8.53. The number of amides is 8. The summed E-state index contributed by atoms with van der Waals surface area (Å²) in [5, 5.41) is 31.2. The van der Waals surface area contributed by atoms with Crippen LogP contribution in [-0.2, 0) is 73.2 Å². The average molecular weight is 1640 g/mol. The summed E-state index contributed by atoms with van der Waals surface area (Å²) in [6.45, 7) is 18.7. The summed E-state index contributed by atoms with van der Waals surface area (Å²) in [4.78, 5) is 135. The first-order valence-electron chi connectivity index (χ1n) is 37.1. The number of aliphatic carboxylic acids is 1. The van der Waals surface area contributed by atoms with Crippen LogP contribution in [0.5, 0.6) is 0 Å². The van der Waals surface area contributed by atoms with E-state index in [9.17, 15) is 78.3 Å². The van der Waals surface area contributed by atoms with E-state index in [1.165, 1.54) is 28.4 Å². The van der Waals surface area contributed by atoms with Gasteiger partial charge in [-0.05, 0) is 111 Å². The average Bonchev–Trinajstić information content (AvgIpc) is 1.58. The Labute approximate surface area is 657 Å². The lowest BCUT2D eigenvalue weighted by Gasteiger charge is -2.36. The van der Waals surface area contributed by atoms with Gasteiger partial charge in [-0.3, -0.25) is 38.4 Å². The maximum absolute atomic E-state index is 14.6. The van der Waals surface area contributed by atoms with Crippen LogP contribution in [0.15, 0.2) is 84.2 Å².